The van der Waals surface area contributed by atoms with Crippen LogP contribution < -0.4 is 5.32 Å². The molecule has 1 atom stereocenters. The van der Waals surface area contributed by atoms with E-state index in [1.807, 2.05) is 42.8 Å². The van der Waals surface area contributed by atoms with E-state index in [1.54, 1.807) is 12.1 Å². The van der Waals surface area contributed by atoms with Gasteiger partial charge in [-0.15, -0.1) is 10.2 Å². The van der Waals surface area contributed by atoms with Crippen molar-refractivity contribution in [3.63, 3.8) is 0 Å². The number of carbonyl (C=O) groups excluding carboxylic acids is 2. The Morgan fingerprint density at radius 1 is 1.18 bits per heavy atom. The molecule has 1 aliphatic rings. The van der Waals surface area contributed by atoms with Crippen molar-refractivity contribution in [3.05, 3.63) is 71.0 Å². The molecule has 2 aromatic carbocycles. The molecule has 4 rings (SSSR count). The molecule has 0 unspecified atom stereocenters. The first-order valence-corrected chi connectivity index (χ1v) is 10.0. The van der Waals surface area contributed by atoms with Crippen LogP contribution in [0.5, 0.6) is 0 Å². The molecule has 2 heterocycles. The summed E-state index contributed by atoms with van der Waals surface area (Å²) < 4.78 is 1.93. The van der Waals surface area contributed by atoms with Crippen molar-refractivity contribution < 1.29 is 9.59 Å². The predicted molar refractivity (Wildman–Crippen MR) is 109 cm³/mol. The monoisotopic (exact) mass is 392 g/mol. The lowest BCUT2D eigenvalue weighted by atomic mass is 9.99. The van der Waals surface area contributed by atoms with Gasteiger partial charge in [-0.2, -0.15) is 0 Å². The lowest BCUT2D eigenvalue weighted by Crippen LogP contribution is -2.08. The Hall–Kier alpha value is -2.93. The van der Waals surface area contributed by atoms with Gasteiger partial charge in [0.2, 0.25) is 5.91 Å². The number of carbonyl (C=O) groups is 2. The number of rotatable bonds is 6. The number of nitrogens with one attached hydrogen (secondary N) is 1. The molecule has 0 saturated carbocycles. The Morgan fingerprint density at radius 2 is 1.96 bits per heavy atom. The van der Waals surface area contributed by atoms with E-state index in [-0.39, 0.29) is 23.4 Å². The summed E-state index contributed by atoms with van der Waals surface area (Å²) in [6.45, 7) is 1.85. The molecule has 1 amide bonds. The number of amides is 1. The van der Waals surface area contributed by atoms with Crippen LogP contribution in [0.4, 0.5) is 5.69 Å². The van der Waals surface area contributed by atoms with Gasteiger partial charge >= 0.3 is 0 Å². The minimum absolute atomic E-state index is 0.00644. The fourth-order valence-corrected chi connectivity index (χ4v) is 4.03. The van der Waals surface area contributed by atoms with E-state index >= 15 is 0 Å². The molecule has 3 aromatic rings. The van der Waals surface area contributed by atoms with Crippen molar-refractivity contribution in [2.45, 2.75) is 24.4 Å². The first-order chi connectivity index (χ1) is 13.5. The number of hydrogen-bond donors (Lipinski definition) is 1. The van der Waals surface area contributed by atoms with Crippen molar-refractivity contribution in [1.82, 2.24) is 14.8 Å². The molecule has 1 N–H and O–H groups in total. The van der Waals surface area contributed by atoms with E-state index in [0.717, 1.165) is 17.1 Å². The van der Waals surface area contributed by atoms with Crippen molar-refractivity contribution in [3.8, 4) is 0 Å². The Kier molecular flexibility index (Phi) is 5.00. The maximum Gasteiger partial charge on any atom is 0.231 e. The molecule has 0 bridgehead atoms. The summed E-state index contributed by atoms with van der Waals surface area (Å²) in [5, 5.41) is 12.0. The third-order valence-electron chi connectivity index (χ3n) is 4.95. The molecular weight excluding hydrogens is 372 g/mol. The zero-order chi connectivity index (χ0) is 19.7. The predicted octanol–water partition coefficient (Wildman–Crippen LogP) is 3.44. The molecule has 7 heteroatoms. The van der Waals surface area contributed by atoms with Crippen LogP contribution in [0.15, 0.2) is 53.7 Å². The second kappa shape index (κ2) is 7.59. The largest absolute Gasteiger partial charge is 0.325 e. The van der Waals surface area contributed by atoms with Crippen LogP contribution in [0.25, 0.3) is 0 Å². The molecule has 0 radical (unpaired) electrons. The van der Waals surface area contributed by atoms with Crippen molar-refractivity contribution in [2.75, 3.05) is 11.1 Å². The van der Waals surface area contributed by atoms with E-state index in [1.165, 1.54) is 17.3 Å². The molecule has 28 heavy (non-hydrogen) atoms. The van der Waals surface area contributed by atoms with Gasteiger partial charge in [0.25, 0.3) is 0 Å². The first kappa shape index (κ1) is 18.4. The van der Waals surface area contributed by atoms with Gasteiger partial charge in [-0.3, -0.25) is 9.59 Å². The number of hydrogen-bond acceptors (Lipinski definition) is 5. The van der Waals surface area contributed by atoms with Gasteiger partial charge in [-0.25, -0.2) is 0 Å². The highest BCUT2D eigenvalue weighted by molar-refractivity contribution is 7.99. The van der Waals surface area contributed by atoms with Crippen LogP contribution >= 0.6 is 11.8 Å². The lowest BCUT2D eigenvalue weighted by molar-refractivity contribution is -0.116. The zero-order valence-corrected chi connectivity index (χ0v) is 16.5. The summed E-state index contributed by atoms with van der Waals surface area (Å²) in [7, 11) is 1.92. The lowest BCUT2D eigenvalue weighted by Gasteiger charge is -2.06. The summed E-state index contributed by atoms with van der Waals surface area (Å²) in [6, 6.07) is 15.5. The summed E-state index contributed by atoms with van der Waals surface area (Å²) in [5.74, 6) is 0.879. The fourth-order valence-electron chi connectivity index (χ4n) is 3.21. The van der Waals surface area contributed by atoms with Crippen LogP contribution in [0.2, 0.25) is 0 Å². The number of fused-ring (bicyclic) bond motifs is 1. The molecule has 1 aliphatic heterocycles. The molecule has 142 valence electrons. The van der Waals surface area contributed by atoms with Gasteiger partial charge in [0.05, 0.1) is 11.7 Å². The van der Waals surface area contributed by atoms with E-state index in [2.05, 4.69) is 27.6 Å². The number of benzene rings is 2. The van der Waals surface area contributed by atoms with Gasteiger partial charge in [0.15, 0.2) is 10.9 Å². The molecule has 6 nitrogen and oxygen atoms in total. The van der Waals surface area contributed by atoms with Crippen molar-refractivity contribution in [2.24, 2.45) is 7.05 Å². The average molecular weight is 392 g/mol. The first-order valence-electron chi connectivity index (χ1n) is 9.06. The molecule has 0 fully saturated rings. The molecule has 1 aromatic heterocycles. The Bertz CT molecular complexity index is 1050. The molecular formula is C21H20N4O2S. The van der Waals surface area contributed by atoms with Crippen LogP contribution in [0.3, 0.4) is 0 Å². The Morgan fingerprint density at radius 3 is 2.75 bits per heavy atom. The highest BCUT2D eigenvalue weighted by Gasteiger charge is 2.27. The summed E-state index contributed by atoms with van der Waals surface area (Å²) >= 11 is 1.37. The fraction of sp³-hybridized carbons (Fsp3) is 0.238. The third-order valence-corrected chi connectivity index (χ3v) is 5.97. The number of thioether (sulfide) groups is 1. The number of Topliss-reactive ketones (excluding diaryl/α,β-unsaturated/α-hetero) is 1. The summed E-state index contributed by atoms with van der Waals surface area (Å²) in [5.41, 5.74) is 3.45. The number of nitrogens with zero attached hydrogens (tertiary/aromatic N) is 3. The van der Waals surface area contributed by atoms with E-state index in [9.17, 15) is 9.59 Å². The SMILES string of the molecule is C[C@@H]1C(=O)Nc2ccc(C(=O)CSc3nnc(Cc4ccccc4)n3C)cc21. The smallest absolute Gasteiger partial charge is 0.231 e. The van der Waals surface area contributed by atoms with Crippen LogP contribution in [-0.2, 0) is 18.3 Å². The summed E-state index contributed by atoms with van der Waals surface area (Å²) in [6.07, 6.45) is 0.697. The van der Waals surface area contributed by atoms with Gasteiger partial charge < -0.3 is 9.88 Å². The van der Waals surface area contributed by atoms with Gasteiger partial charge in [-0.05, 0) is 36.2 Å². The number of aromatic nitrogens is 3. The number of ketones is 1. The van der Waals surface area contributed by atoms with Gasteiger partial charge in [0, 0.05) is 24.7 Å². The highest BCUT2D eigenvalue weighted by Crippen LogP contribution is 2.33. The quantitative estimate of drug-likeness (QED) is 0.514. The van der Waals surface area contributed by atoms with Gasteiger partial charge in [0.1, 0.15) is 5.82 Å². The standard InChI is InChI=1S/C21H20N4O2S/c1-13-16-11-15(8-9-17(16)22-20(13)27)18(26)12-28-21-24-23-19(25(21)2)10-14-6-4-3-5-7-14/h3-9,11,13H,10,12H2,1-2H3,(H,22,27)/t13-/m0/s1. The minimum Gasteiger partial charge on any atom is -0.325 e. The van der Waals surface area contributed by atoms with Crippen LogP contribution in [0, 0.1) is 0 Å². The average Bonchev–Trinajstić information content (AvgIpc) is 3.20. The third kappa shape index (κ3) is 3.57. The van der Waals surface area contributed by atoms with Crippen molar-refractivity contribution in [1.29, 1.82) is 0 Å². The Labute approximate surface area is 167 Å². The maximum atomic E-state index is 12.6. The second-order valence-electron chi connectivity index (χ2n) is 6.85. The van der Waals surface area contributed by atoms with Gasteiger partial charge in [-0.1, -0.05) is 42.1 Å². The van der Waals surface area contributed by atoms with E-state index in [0.29, 0.717) is 17.1 Å². The molecule has 0 aliphatic carbocycles. The zero-order valence-electron chi connectivity index (χ0n) is 15.7. The topological polar surface area (TPSA) is 76.9 Å². The normalized spacial score (nSPS) is 15.4. The van der Waals surface area contributed by atoms with Crippen LogP contribution in [0.1, 0.15) is 40.2 Å². The highest BCUT2D eigenvalue weighted by atomic mass is 32.2. The molecule has 0 spiro atoms. The maximum absolute atomic E-state index is 12.6. The second-order valence-corrected chi connectivity index (χ2v) is 7.79. The van der Waals surface area contributed by atoms with E-state index < -0.39 is 0 Å². The number of anilines is 1. The van der Waals surface area contributed by atoms with Crippen LogP contribution in [-0.4, -0.2) is 32.2 Å². The molecule has 0 saturated heterocycles. The summed E-state index contributed by atoms with van der Waals surface area (Å²) in [4.78, 5) is 24.4. The Balaban J connectivity index is 1.43. The van der Waals surface area contributed by atoms with Crippen molar-refractivity contribution >= 4 is 29.1 Å². The van der Waals surface area contributed by atoms with E-state index in [4.69, 9.17) is 0 Å². The minimum atomic E-state index is -0.227.